The molecule has 2 aromatic heterocycles. The van der Waals surface area contributed by atoms with Gasteiger partial charge in [-0.15, -0.1) is 6.42 Å². The molecule has 0 amide bonds. The van der Waals surface area contributed by atoms with Crippen LogP contribution in [0.5, 0.6) is 6.01 Å². The number of aryl methyl sites for hydroxylation is 1. The second-order valence-electron chi connectivity index (χ2n) is 13.9. The first-order chi connectivity index (χ1) is 23.2. The fourth-order valence-corrected chi connectivity index (χ4v) is 8.99. The van der Waals surface area contributed by atoms with Crippen LogP contribution in [-0.2, 0) is 7.05 Å². The average molecular weight is 653 g/mol. The van der Waals surface area contributed by atoms with Gasteiger partial charge in [0.05, 0.1) is 16.5 Å². The number of nitrogens with one attached hydrogen (secondary N) is 1. The Balaban J connectivity index is 1.31. The van der Waals surface area contributed by atoms with Gasteiger partial charge in [0.1, 0.15) is 35.4 Å². The van der Waals surface area contributed by atoms with Crippen LogP contribution < -0.4 is 20.7 Å². The number of rotatable bonds is 5. The second kappa shape index (κ2) is 10.7. The van der Waals surface area contributed by atoms with E-state index in [1.165, 1.54) is 6.07 Å². The van der Waals surface area contributed by atoms with Gasteiger partial charge in [-0.1, -0.05) is 12.0 Å². The van der Waals surface area contributed by atoms with Crippen molar-refractivity contribution >= 4 is 44.1 Å². The molecular formula is C36H35F3N8O. The zero-order valence-electron chi connectivity index (χ0n) is 26.6. The molecule has 0 radical (unpaired) electrons. The number of hydrogen-bond donors (Lipinski definition) is 2. The van der Waals surface area contributed by atoms with Crippen molar-refractivity contribution < 1.29 is 17.9 Å². The molecule has 4 atom stereocenters. The summed E-state index contributed by atoms with van der Waals surface area (Å²) in [6, 6.07) is 6.54. The lowest BCUT2D eigenvalue weighted by Gasteiger charge is -2.37. The van der Waals surface area contributed by atoms with Gasteiger partial charge in [-0.05, 0) is 61.4 Å². The van der Waals surface area contributed by atoms with Crippen molar-refractivity contribution in [2.24, 2.45) is 7.05 Å². The molecule has 4 aliphatic heterocycles. The smallest absolute Gasteiger partial charge is 0.319 e. The van der Waals surface area contributed by atoms with E-state index in [1.54, 1.807) is 29.9 Å². The molecule has 6 heterocycles. The molecule has 48 heavy (non-hydrogen) atoms. The first-order valence-electron chi connectivity index (χ1n) is 16.6. The first-order valence-corrected chi connectivity index (χ1v) is 16.6. The molecule has 0 unspecified atom stereocenters. The van der Waals surface area contributed by atoms with Crippen molar-refractivity contribution in [1.82, 2.24) is 30.0 Å². The Morgan fingerprint density at radius 3 is 2.73 bits per heavy atom. The maximum Gasteiger partial charge on any atom is 0.319 e. The Hall–Kier alpha value is -4.60. The number of piperazine rings is 1. The molecule has 12 heteroatoms. The highest BCUT2D eigenvalue weighted by atomic mass is 19.1. The number of nitrogens with two attached hydrogens (primary N) is 1. The number of aromatic nitrogens is 4. The van der Waals surface area contributed by atoms with Crippen molar-refractivity contribution in [3.05, 3.63) is 47.7 Å². The van der Waals surface area contributed by atoms with E-state index in [9.17, 15) is 4.39 Å². The topological polar surface area (TPSA) is 97.4 Å². The Bertz CT molecular complexity index is 2180. The number of ether oxygens (including phenoxy) is 1. The molecule has 0 spiro atoms. The van der Waals surface area contributed by atoms with Gasteiger partial charge >= 0.3 is 6.01 Å². The van der Waals surface area contributed by atoms with Crippen LogP contribution in [0.1, 0.15) is 37.7 Å². The van der Waals surface area contributed by atoms with Crippen LogP contribution in [-0.4, -0.2) is 81.2 Å². The van der Waals surface area contributed by atoms with Gasteiger partial charge in [0.15, 0.2) is 5.82 Å². The maximum atomic E-state index is 17.6. The molecule has 2 bridgehead atoms. The monoisotopic (exact) mass is 652 g/mol. The molecule has 5 aromatic rings. The fraction of sp³-hybridized carbons (Fsp3) is 0.417. The Labute approximate surface area is 275 Å². The van der Waals surface area contributed by atoms with Crippen LogP contribution in [0.2, 0.25) is 0 Å². The van der Waals surface area contributed by atoms with Gasteiger partial charge < -0.3 is 20.7 Å². The summed E-state index contributed by atoms with van der Waals surface area (Å²) in [5.74, 6) is 1.81. The molecule has 3 aromatic carbocycles. The Morgan fingerprint density at radius 1 is 1.12 bits per heavy atom. The molecule has 0 saturated carbocycles. The van der Waals surface area contributed by atoms with Crippen molar-refractivity contribution in [3.63, 3.8) is 0 Å². The van der Waals surface area contributed by atoms with Crippen molar-refractivity contribution in [2.45, 2.75) is 55.9 Å². The quantitative estimate of drug-likeness (QED) is 0.201. The number of alkyl halides is 1. The minimum atomic E-state index is -0.914. The van der Waals surface area contributed by atoms with Gasteiger partial charge in [0.2, 0.25) is 0 Å². The Morgan fingerprint density at radius 2 is 1.94 bits per heavy atom. The summed E-state index contributed by atoms with van der Waals surface area (Å²) in [5, 5.41) is 10.4. The summed E-state index contributed by atoms with van der Waals surface area (Å²) in [4.78, 5) is 14.2. The molecular weight excluding hydrogens is 617 g/mol. The van der Waals surface area contributed by atoms with E-state index in [-0.39, 0.29) is 41.3 Å². The zero-order valence-corrected chi connectivity index (χ0v) is 26.6. The van der Waals surface area contributed by atoms with Crippen molar-refractivity contribution in [2.75, 3.05) is 43.4 Å². The largest absolute Gasteiger partial charge is 0.461 e. The number of fused-ring (bicyclic) bond motifs is 7. The van der Waals surface area contributed by atoms with Gasteiger partial charge in [0.25, 0.3) is 0 Å². The summed E-state index contributed by atoms with van der Waals surface area (Å²) < 4.78 is 55.3. The molecule has 0 aliphatic carbocycles. The third-order valence-corrected chi connectivity index (χ3v) is 11.0. The minimum Gasteiger partial charge on any atom is -0.461 e. The van der Waals surface area contributed by atoms with Crippen LogP contribution in [0.15, 0.2) is 30.5 Å². The maximum absolute atomic E-state index is 17.6. The van der Waals surface area contributed by atoms with Crippen molar-refractivity contribution in [1.29, 1.82) is 0 Å². The molecule has 4 saturated heterocycles. The third kappa shape index (κ3) is 4.30. The van der Waals surface area contributed by atoms with Gasteiger partial charge in [0, 0.05) is 73.4 Å². The van der Waals surface area contributed by atoms with E-state index >= 15 is 8.78 Å². The van der Waals surface area contributed by atoms with E-state index in [0.717, 1.165) is 45.3 Å². The van der Waals surface area contributed by atoms with Crippen LogP contribution in [0.25, 0.3) is 43.7 Å². The summed E-state index contributed by atoms with van der Waals surface area (Å²) in [6.45, 7) is 2.98. The number of halogens is 3. The molecule has 3 N–H and O–H groups in total. The average Bonchev–Trinajstić information content (AvgIpc) is 3.78. The van der Waals surface area contributed by atoms with Crippen LogP contribution >= 0.6 is 0 Å². The lowest BCUT2D eigenvalue weighted by Crippen LogP contribution is -2.52. The number of nitrogens with zero attached hydrogens (tertiary/aromatic N) is 6. The first kappa shape index (κ1) is 29.5. The molecule has 9 rings (SSSR count). The van der Waals surface area contributed by atoms with E-state index in [1.807, 2.05) is 6.20 Å². The van der Waals surface area contributed by atoms with Gasteiger partial charge in [-0.2, -0.15) is 15.1 Å². The van der Waals surface area contributed by atoms with Gasteiger partial charge in [-0.25, -0.2) is 13.2 Å². The highest BCUT2D eigenvalue weighted by Crippen LogP contribution is 2.46. The Kier molecular flexibility index (Phi) is 6.59. The molecule has 4 aliphatic rings. The zero-order chi connectivity index (χ0) is 32.9. The number of hydrogen-bond acceptors (Lipinski definition) is 8. The minimum absolute atomic E-state index is 0.0129. The molecule has 9 nitrogen and oxygen atoms in total. The van der Waals surface area contributed by atoms with Gasteiger partial charge in [-0.3, -0.25) is 9.58 Å². The predicted molar refractivity (Wildman–Crippen MR) is 180 cm³/mol. The van der Waals surface area contributed by atoms with Crippen LogP contribution in [0.4, 0.5) is 24.7 Å². The number of terminal acetylenes is 1. The standard InChI is InChI=1S/C36H35F3N8O/c1-3-24-27(38)8-5-19-11-21(40)12-25(28(19)24)29-31(39)33-30(26-17-45(2)44-32(26)29)34(47-22-6-7-23(47)15-41-14-22)43-35(42-33)48-18-36-9-4-10-46(36)16-20(37)13-36/h1,5,8,11-12,17,20,22-23,41H,4,6-7,9-10,13-16,18,40H2,2H3/t20-,22-,23+,36+/m1/s1. The lowest BCUT2D eigenvalue weighted by atomic mass is 9.91. The lowest BCUT2D eigenvalue weighted by molar-refractivity contribution is 0.107. The van der Waals surface area contributed by atoms with E-state index in [2.05, 4.69) is 21.0 Å². The van der Waals surface area contributed by atoms with E-state index in [0.29, 0.717) is 57.1 Å². The molecule has 4 fully saturated rings. The highest BCUT2D eigenvalue weighted by molar-refractivity contribution is 6.18. The summed E-state index contributed by atoms with van der Waals surface area (Å²) in [5.41, 5.74) is 7.17. The van der Waals surface area contributed by atoms with Crippen molar-refractivity contribution in [3.8, 4) is 29.5 Å². The van der Waals surface area contributed by atoms with E-state index < -0.39 is 23.3 Å². The number of nitrogen functional groups attached to an aromatic ring is 1. The summed E-state index contributed by atoms with van der Waals surface area (Å²) in [7, 11) is 1.77. The third-order valence-electron chi connectivity index (χ3n) is 11.0. The number of benzene rings is 3. The SMILES string of the molecule is C#Cc1c(F)ccc2cc(N)cc(-c3c(F)c4nc(OC[C@@]56CCCN5C[C@H](F)C6)nc(N5[C@@H]6CC[C@H]5CNC6)c4c4cn(C)nc34)c12. The summed E-state index contributed by atoms with van der Waals surface area (Å²) in [6.07, 6.45) is 10.9. The second-order valence-corrected chi connectivity index (χ2v) is 13.9. The van der Waals surface area contributed by atoms with E-state index in [4.69, 9.17) is 32.0 Å². The summed E-state index contributed by atoms with van der Waals surface area (Å²) >= 11 is 0. The van der Waals surface area contributed by atoms with Crippen LogP contribution in [0.3, 0.4) is 0 Å². The van der Waals surface area contributed by atoms with Crippen LogP contribution in [0, 0.1) is 24.0 Å². The normalized spacial score (nSPS) is 25.4. The number of anilines is 2. The molecule has 246 valence electrons. The highest BCUT2D eigenvalue weighted by Gasteiger charge is 2.49. The fourth-order valence-electron chi connectivity index (χ4n) is 8.99. The predicted octanol–water partition coefficient (Wildman–Crippen LogP) is 5.07.